The van der Waals surface area contributed by atoms with E-state index in [0.29, 0.717) is 30.3 Å². The zero-order valence-electron chi connectivity index (χ0n) is 19.7. The normalized spacial score (nSPS) is 17.2. The first kappa shape index (κ1) is 23.3. The molecule has 33 heavy (non-hydrogen) atoms. The largest absolute Gasteiger partial charge is 0.496 e. The minimum absolute atomic E-state index is 0.155. The highest BCUT2D eigenvalue weighted by Gasteiger charge is 2.34. The Morgan fingerprint density at radius 1 is 0.970 bits per heavy atom. The van der Waals surface area contributed by atoms with Crippen LogP contribution in [-0.2, 0) is 6.42 Å². The smallest absolute Gasteiger partial charge is 0.261 e. The highest BCUT2D eigenvalue weighted by molar-refractivity contribution is 6.21. The average molecular weight is 451 g/mol. The first-order chi connectivity index (χ1) is 16.1. The maximum atomic E-state index is 12.5. The number of methoxy groups -OCH3 is 1. The van der Waals surface area contributed by atoms with E-state index in [1.165, 1.54) is 10.5 Å². The molecule has 2 aliphatic heterocycles. The van der Waals surface area contributed by atoms with Gasteiger partial charge in [0.15, 0.2) is 0 Å². The van der Waals surface area contributed by atoms with Crippen LogP contribution in [0, 0.1) is 0 Å². The van der Waals surface area contributed by atoms with Gasteiger partial charge in [-0.1, -0.05) is 38.0 Å². The van der Waals surface area contributed by atoms with Gasteiger partial charge in [0.25, 0.3) is 11.8 Å². The zero-order valence-corrected chi connectivity index (χ0v) is 19.7. The number of benzene rings is 2. The number of hydrogen-bond acceptors (Lipinski definition) is 5. The minimum Gasteiger partial charge on any atom is -0.496 e. The number of carbonyl (C=O) groups excluding carboxylic acids is 2. The van der Waals surface area contributed by atoms with Gasteiger partial charge in [0.2, 0.25) is 0 Å². The van der Waals surface area contributed by atoms with E-state index in [9.17, 15) is 9.59 Å². The molecule has 6 nitrogen and oxygen atoms in total. The standard InChI is InChI=1S/C27H34N2O4/c1-3-15-28(20-18-23-24(32-2)13-10-14-25(23)33-19-20)16-8-4-5-9-17-29-26(30)21-11-6-7-12-22(21)27(29)31/h6-7,10-14,20H,3-5,8-9,15-19H2,1-2H3. The van der Waals surface area contributed by atoms with Crippen molar-refractivity contribution < 1.29 is 19.1 Å². The highest BCUT2D eigenvalue weighted by Crippen LogP contribution is 2.34. The molecule has 4 rings (SSSR count). The van der Waals surface area contributed by atoms with Crippen molar-refractivity contribution in [2.45, 2.75) is 51.5 Å². The maximum Gasteiger partial charge on any atom is 0.261 e. The molecule has 1 atom stereocenters. The lowest BCUT2D eigenvalue weighted by Gasteiger charge is -2.35. The van der Waals surface area contributed by atoms with Gasteiger partial charge in [0.1, 0.15) is 18.1 Å². The predicted molar refractivity (Wildman–Crippen MR) is 128 cm³/mol. The molecule has 0 N–H and O–H groups in total. The third kappa shape index (κ3) is 5.06. The van der Waals surface area contributed by atoms with Crippen LogP contribution in [0.2, 0.25) is 0 Å². The van der Waals surface area contributed by atoms with Crippen LogP contribution in [0.5, 0.6) is 11.5 Å². The lowest BCUT2D eigenvalue weighted by Crippen LogP contribution is -2.44. The van der Waals surface area contributed by atoms with Crippen molar-refractivity contribution in [3.8, 4) is 11.5 Å². The Bertz CT molecular complexity index is 941. The summed E-state index contributed by atoms with van der Waals surface area (Å²) in [4.78, 5) is 28.9. The highest BCUT2D eigenvalue weighted by atomic mass is 16.5. The van der Waals surface area contributed by atoms with Crippen LogP contribution >= 0.6 is 0 Å². The molecular weight excluding hydrogens is 416 g/mol. The molecule has 0 saturated carbocycles. The summed E-state index contributed by atoms with van der Waals surface area (Å²) >= 11 is 0. The van der Waals surface area contributed by atoms with E-state index >= 15 is 0 Å². The SMILES string of the molecule is CCCN(CCCCCCN1C(=O)c2ccccc2C1=O)C1COc2cccc(OC)c2C1. The summed E-state index contributed by atoms with van der Waals surface area (Å²) in [7, 11) is 1.71. The van der Waals surface area contributed by atoms with Gasteiger partial charge in [-0.3, -0.25) is 19.4 Å². The molecule has 2 amide bonds. The molecule has 0 saturated heterocycles. The Kier molecular flexibility index (Phi) is 7.65. The van der Waals surface area contributed by atoms with Crippen LogP contribution in [0.1, 0.15) is 65.3 Å². The number of imide groups is 1. The number of carbonyl (C=O) groups is 2. The van der Waals surface area contributed by atoms with Crippen molar-refractivity contribution >= 4 is 11.8 Å². The fraction of sp³-hybridized carbons (Fsp3) is 0.481. The number of amides is 2. The Labute approximate surface area is 196 Å². The molecule has 0 bridgehead atoms. The second-order valence-corrected chi connectivity index (χ2v) is 8.86. The predicted octanol–water partition coefficient (Wildman–Crippen LogP) is 4.57. The summed E-state index contributed by atoms with van der Waals surface area (Å²) in [5, 5.41) is 0. The summed E-state index contributed by atoms with van der Waals surface area (Å²) in [6, 6.07) is 13.4. The molecule has 0 aromatic heterocycles. The number of hydrogen-bond donors (Lipinski definition) is 0. The van der Waals surface area contributed by atoms with E-state index in [4.69, 9.17) is 9.47 Å². The van der Waals surface area contributed by atoms with E-state index in [1.807, 2.05) is 30.3 Å². The van der Waals surface area contributed by atoms with Crippen molar-refractivity contribution in [3.05, 3.63) is 59.2 Å². The lowest BCUT2D eigenvalue weighted by atomic mass is 9.99. The topological polar surface area (TPSA) is 59.1 Å². The summed E-state index contributed by atoms with van der Waals surface area (Å²) in [6.45, 7) is 5.50. The Morgan fingerprint density at radius 2 is 1.70 bits per heavy atom. The van der Waals surface area contributed by atoms with Crippen LogP contribution in [-0.4, -0.2) is 61.0 Å². The second-order valence-electron chi connectivity index (χ2n) is 8.86. The monoisotopic (exact) mass is 450 g/mol. The molecule has 0 fully saturated rings. The molecule has 0 spiro atoms. The number of ether oxygens (including phenoxy) is 2. The van der Waals surface area contributed by atoms with Crippen LogP contribution < -0.4 is 9.47 Å². The molecule has 2 aromatic carbocycles. The van der Waals surface area contributed by atoms with Gasteiger partial charge >= 0.3 is 0 Å². The zero-order chi connectivity index (χ0) is 23.2. The van der Waals surface area contributed by atoms with Gasteiger partial charge in [0.05, 0.1) is 18.2 Å². The van der Waals surface area contributed by atoms with Gasteiger partial charge in [-0.25, -0.2) is 0 Å². The molecule has 2 heterocycles. The first-order valence-electron chi connectivity index (χ1n) is 12.1. The third-order valence-corrected chi connectivity index (χ3v) is 6.66. The molecule has 0 aliphatic carbocycles. The fourth-order valence-electron chi connectivity index (χ4n) is 4.93. The van der Waals surface area contributed by atoms with E-state index < -0.39 is 0 Å². The van der Waals surface area contributed by atoms with Gasteiger partial charge in [0, 0.05) is 18.2 Å². The fourth-order valence-corrected chi connectivity index (χ4v) is 4.93. The number of fused-ring (bicyclic) bond motifs is 2. The number of rotatable bonds is 11. The first-order valence-corrected chi connectivity index (χ1v) is 12.1. The van der Waals surface area contributed by atoms with Gasteiger partial charge in [-0.2, -0.15) is 0 Å². The van der Waals surface area contributed by atoms with Gasteiger partial charge in [-0.15, -0.1) is 0 Å². The number of nitrogens with zero attached hydrogens (tertiary/aromatic N) is 2. The van der Waals surface area contributed by atoms with Crippen molar-refractivity contribution in [3.63, 3.8) is 0 Å². The quantitative estimate of drug-likeness (QED) is 0.371. The van der Waals surface area contributed by atoms with E-state index in [0.717, 1.165) is 63.1 Å². The molecule has 2 aromatic rings. The Hall–Kier alpha value is -2.86. The van der Waals surface area contributed by atoms with E-state index in [1.54, 1.807) is 19.2 Å². The second kappa shape index (κ2) is 10.8. The Morgan fingerprint density at radius 3 is 2.39 bits per heavy atom. The van der Waals surface area contributed by atoms with Crippen molar-refractivity contribution in [2.24, 2.45) is 0 Å². The maximum absolute atomic E-state index is 12.5. The number of unbranched alkanes of at least 4 members (excludes halogenated alkanes) is 3. The summed E-state index contributed by atoms with van der Waals surface area (Å²) < 4.78 is 11.6. The van der Waals surface area contributed by atoms with Crippen molar-refractivity contribution in [1.29, 1.82) is 0 Å². The molecule has 2 aliphatic rings. The van der Waals surface area contributed by atoms with E-state index in [-0.39, 0.29) is 11.8 Å². The molecular formula is C27H34N2O4. The van der Waals surface area contributed by atoms with Crippen LogP contribution in [0.3, 0.4) is 0 Å². The third-order valence-electron chi connectivity index (χ3n) is 6.66. The summed E-state index contributed by atoms with van der Waals surface area (Å²) in [5.41, 5.74) is 2.23. The van der Waals surface area contributed by atoms with Crippen molar-refractivity contribution in [1.82, 2.24) is 9.80 Å². The van der Waals surface area contributed by atoms with Crippen LogP contribution in [0.4, 0.5) is 0 Å². The van der Waals surface area contributed by atoms with Gasteiger partial charge < -0.3 is 9.47 Å². The molecule has 6 heteroatoms. The van der Waals surface area contributed by atoms with Crippen LogP contribution in [0.15, 0.2) is 42.5 Å². The lowest BCUT2D eigenvalue weighted by molar-refractivity contribution is 0.0651. The molecule has 0 radical (unpaired) electrons. The van der Waals surface area contributed by atoms with E-state index in [2.05, 4.69) is 11.8 Å². The molecule has 1 unspecified atom stereocenters. The van der Waals surface area contributed by atoms with Gasteiger partial charge in [-0.05, 0) is 63.0 Å². The summed E-state index contributed by atoms with van der Waals surface area (Å²) in [5.74, 6) is 1.53. The average Bonchev–Trinajstić information content (AvgIpc) is 3.09. The molecule has 176 valence electrons. The Balaban J connectivity index is 1.22. The van der Waals surface area contributed by atoms with Crippen molar-refractivity contribution in [2.75, 3.05) is 33.4 Å². The summed E-state index contributed by atoms with van der Waals surface area (Å²) in [6.07, 6.45) is 6.07. The minimum atomic E-state index is -0.155. The van der Waals surface area contributed by atoms with Crippen LogP contribution in [0.25, 0.3) is 0 Å².